The molecule has 0 fully saturated rings. The second-order valence-corrected chi connectivity index (χ2v) is 6.55. The minimum atomic E-state index is -0.432. The third kappa shape index (κ3) is 3.82. The average Bonchev–Trinajstić information content (AvgIpc) is 3.08. The summed E-state index contributed by atoms with van der Waals surface area (Å²) in [5, 5.41) is 14.3. The third-order valence-corrected chi connectivity index (χ3v) is 4.23. The Kier molecular flexibility index (Phi) is 5.03. The fourth-order valence-electron chi connectivity index (χ4n) is 2.63. The van der Waals surface area contributed by atoms with Gasteiger partial charge in [-0.15, -0.1) is 10.2 Å². The molecule has 0 saturated carbocycles. The van der Waals surface area contributed by atoms with Crippen LogP contribution < -0.4 is 15.4 Å². The van der Waals surface area contributed by atoms with Gasteiger partial charge < -0.3 is 19.8 Å². The predicted octanol–water partition coefficient (Wildman–Crippen LogP) is 3.15. The molecule has 0 aliphatic carbocycles. The van der Waals surface area contributed by atoms with E-state index < -0.39 is 6.10 Å². The molecule has 0 unspecified atom stereocenters. The molecule has 1 amide bonds. The molecule has 2 heterocycles. The molecular formula is C18H24N4O3. The first-order valence-corrected chi connectivity index (χ1v) is 8.65. The van der Waals surface area contributed by atoms with Crippen LogP contribution in [0.5, 0.6) is 5.75 Å². The Balaban J connectivity index is 1.66. The van der Waals surface area contributed by atoms with Crippen molar-refractivity contribution in [3.63, 3.8) is 0 Å². The molecule has 2 N–H and O–H groups in total. The molecule has 0 radical (unpaired) electrons. The van der Waals surface area contributed by atoms with Crippen molar-refractivity contribution in [3.05, 3.63) is 35.5 Å². The van der Waals surface area contributed by atoms with Gasteiger partial charge in [-0.1, -0.05) is 26.8 Å². The van der Waals surface area contributed by atoms with Gasteiger partial charge in [0, 0.05) is 12.0 Å². The van der Waals surface area contributed by atoms with Crippen molar-refractivity contribution >= 4 is 11.6 Å². The lowest BCUT2D eigenvalue weighted by atomic mass is 10.1. The zero-order valence-corrected chi connectivity index (χ0v) is 15.0. The number of hydrogen-bond acceptors (Lipinski definition) is 6. The summed E-state index contributed by atoms with van der Waals surface area (Å²) in [6.45, 7) is 8.51. The first-order valence-electron chi connectivity index (χ1n) is 8.65. The minimum absolute atomic E-state index is 0.0704. The molecule has 0 spiro atoms. The number of nitrogens with one attached hydrogen (secondary N) is 2. The van der Waals surface area contributed by atoms with Gasteiger partial charge in [0.2, 0.25) is 11.8 Å². The van der Waals surface area contributed by atoms with Gasteiger partial charge in [-0.3, -0.25) is 4.79 Å². The van der Waals surface area contributed by atoms with Crippen LogP contribution in [-0.2, 0) is 11.3 Å². The number of carbonyl (C=O) groups excluding carboxylic acids is 1. The number of carbonyl (C=O) groups is 1. The van der Waals surface area contributed by atoms with Gasteiger partial charge in [0.25, 0.3) is 5.91 Å². The van der Waals surface area contributed by atoms with Gasteiger partial charge in [0.1, 0.15) is 5.75 Å². The highest BCUT2D eigenvalue weighted by Gasteiger charge is 2.26. The van der Waals surface area contributed by atoms with E-state index in [0.29, 0.717) is 36.2 Å². The highest BCUT2D eigenvalue weighted by atomic mass is 16.5. The molecule has 1 aliphatic heterocycles. The quantitative estimate of drug-likeness (QED) is 0.837. The molecule has 7 heteroatoms. The SMILES string of the molecule is CC[C@H]1Oc2cc([C@@H](C)NCc3nnc(C(C)C)o3)ccc2NC1=O. The lowest BCUT2D eigenvalue weighted by Gasteiger charge is -2.26. The van der Waals surface area contributed by atoms with E-state index in [1.54, 1.807) is 0 Å². The maximum atomic E-state index is 11.8. The first kappa shape index (κ1) is 17.4. The number of amides is 1. The summed E-state index contributed by atoms with van der Waals surface area (Å²) in [6.07, 6.45) is 0.206. The number of aromatic nitrogens is 2. The molecule has 25 heavy (non-hydrogen) atoms. The van der Waals surface area contributed by atoms with E-state index in [2.05, 4.69) is 27.8 Å². The van der Waals surface area contributed by atoms with Crippen molar-refractivity contribution in [3.8, 4) is 5.75 Å². The number of benzene rings is 1. The van der Waals surface area contributed by atoms with Gasteiger partial charge in [-0.2, -0.15) is 0 Å². The van der Waals surface area contributed by atoms with Crippen molar-refractivity contribution in [1.82, 2.24) is 15.5 Å². The zero-order valence-electron chi connectivity index (χ0n) is 15.0. The van der Waals surface area contributed by atoms with Gasteiger partial charge >= 0.3 is 0 Å². The second kappa shape index (κ2) is 7.23. The van der Waals surface area contributed by atoms with Gasteiger partial charge in [0.15, 0.2) is 6.10 Å². The Hall–Kier alpha value is -2.41. The van der Waals surface area contributed by atoms with Gasteiger partial charge in [0.05, 0.1) is 12.2 Å². The van der Waals surface area contributed by atoms with Gasteiger partial charge in [-0.25, -0.2) is 0 Å². The van der Waals surface area contributed by atoms with Gasteiger partial charge in [-0.05, 0) is 31.0 Å². The van der Waals surface area contributed by atoms with Crippen molar-refractivity contribution < 1.29 is 13.9 Å². The number of anilines is 1. The Morgan fingerprint density at radius 3 is 2.76 bits per heavy atom. The van der Waals surface area contributed by atoms with E-state index in [1.165, 1.54) is 0 Å². The number of rotatable bonds is 6. The normalized spacial score (nSPS) is 17.8. The fraction of sp³-hybridized carbons (Fsp3) is 0.500. The maximum Gasteiger partial charge on any atom is 0.265 e. The highest BCUT2D eigenvalue weighted by Crippen LogP contribution is 2.33. The zero-order chi connectivity index (χ0) is 18.0. The summed E-state index contributed by atoms with van der Waals surface area (Å²) in [5.74, 6) is 2.05. The number of ether oxygens (including phenoxy) is 1. The Morgan fingerprint density at radius 1 is 1.28 bits per heavy atom. The van der Waals surface area contributed by atoms with E-state index in [9.17, 15) is 4.79 Å². The minimum Gasteiger partial charge on any atom is -0.478 e. The van der Waals surface area contributed by atoms with E-state index in [1.807, 2.05) is 39.0 Å². The number of hydrogen-bond donors (Lipinski definition) is 2. The lowest BCUT2D eigenvalue weighted by molar-refractivity contribution is -0.123. The van der Waals surface area contributed by atoms with Crippen LogP contribution in [-0.4, -0.2) is 22.2 Å². The lowest BCUT2D eigenvalue weighted by Crippen LogP contribution is -2.36. The van der Waals surface area contributed by atoms with Crippen molar-refractivity contribution in [2.45, 2.75) is 58.7 Å². The molecular weight excluding hydrogens is 320 g/mol. The molecule has 134 valence electrons. The summed E-state index contributed by atoms with van der Waals surface area (Å²) in [5.41, 5.74) is 1.78. The van der Waals surface area contributed by atoms with Crippen LogP contribution in [0.15, 0.2) is 22.6 Å². The van der Waals surface area contributed by atoms with Crippen molar-refractivity contribution in [2.75, 3.05) is 5.32 Å². The molecule has 1 aliphatic rings. The van der Waals surface area contributed by atoms with E-state index in [4.69, 9.17) is 9.15 Å². The Labute approximate surface area is 147 Å². The van der Waals surface area contributed by atoms with E-state index in [-0.39, 0.29) is 17.9 Å². The predicted molar refractivity (Wildman–Crippen MR) is 93.4 cm³/mol. The summed E-state index contributed by atoms with van der Waals surface area (Å²) in [6, 6.07) is 5.87. The monoisotopic (exact) mass is 344 g/mol. The molecule has 2 atom stereocenters. The van der Waals surface area contributed by atoms with Crippen LogP contribution >= 0.6 is 0 Å². The maximum absolute atomic E-state index is 11.8. The van der Waals surface area contributed by atoms with E-state index in [0.717, 1.165) is 5.56 Å². The Bertz CT molecular complexity index is 757. The van der Waals surface area contributed by atoms with Crippen LogP contribution in [0.2, 0.25) is 0 Å². The van der Waals surface area contributed by atoms with Crippen LogP contribution in [0.3, 0.4) is 0 Å². The molecule has 3 rings (SSSR count). The summed E-state index contributed by atoms with van der Waals surface area (Å²) in [4.78, 5) is 11.8. The van der Waals surface area contributed by atoms with Crippen LogP contribution in [0.25, 0.3) is 0 Å². The summed E-state index contributed by atoms with van der Waals surface area (Å²) >= 11 is 0. The summed E-state index contributed by atoms with van der Waals surface area (Å²) in [7, 11) is 0. The molecule has 0 bridgehead atoms. The third-order valence-electron chi connectivity index (χ3n) is 4.23. The van der Waals surface area contributed by atoms with Crippen LogP contribution in [0.1, 0.15) is 63.4 Å². The van der Waals surface area contributed by atoms with Crippen LogP contribution in [0.4, 0.5) is 5.69 Å². The second-order valence-electron chi connectivity index (χ2n) is 6.55. The number of nitrogens with zero attached hydrogens (tertiary/aromatic N) is 2. The topological polar surface area (TPSA) is 89.3 Å². The number of fused-ring (bicyclic) bond motifs is 1. The largest absolute Gasteiger partial charge is 0.478 e. The standard InChI is InChI=1S/C18H24N4O3/c1-5-14-17(23)20-13-7-6-12(8-15(13)24-14)11(4)19-9-16-21-22-18(25-16)10(2)3/h6-8,10-11,14,19H,5,9H2,1-4H3,(H,20,23)/t11-,14-/m1/s1. The molecule has 2 aromatic rings. The first-order chi connectivity index (χ1) is 12.0. The highest BCUT2D eigenvalue weighted by molar-refractivity contribution is 5.97. The van der Waals surface area contributed by atoms with Crippen LogP contribution in [0, 0.1) is 0 Å². The Morgan fingerprint density at radius 2 is 2.08 bits per heavy atom. The van der Waals surface area contributed by atoms with Crippen molar-refractivity contribution in [1.29, 1.82) is 0 Å². The van der Waals surface area contributed by atoms with E-state index >= 15 is 0 Å². The molecule has 1 aromatic heterocycles. The smallest absolute Gasteiger partial charge is 0.265 e. The summed E-state index contributed by atoms with van der Waals surface area (Å²) < 4.78 is 11.4. The molecule has 7 nitrogen and oxygen atoms in total. The molecule has 1 aromatic carbocycles. The average molecular weight is 344 g/mol. The molecule has 0 saturated heterocycles. The van der Waals surface area contributed by atoms with Crippen molar-refractivity contribution in [2.24, 2.45) is 0 Å². The fourth-order valence-corrected chi connectivity index (χ4v) is 2.63.